The molecular formula is C19H24N4O3S. The van der Waals surface area contributed by atoms with E-state index in [9.17, 15) is 13.2 Å². The Hall–Kier alpha value is -2.26. The maximum Gasteiger partial charge on any atom is 0.245 e. The number of rotatable bonds is 5. The van der Waals surface area contributed by atoms with Crippen LogP contribution in [0.2, 0.25) is 0 Å². The van der Waals surface area contributed by atoms with Crippen molar-refractivity contribution in [2.45, 2.75) is 10.9 Å². The lowest BCUT2D eigenvalue weighted by molar-refractivity contribution is -0.117. The summed E-state index contributed by atoms with van der Waals surface area (Å²) in [5, 5.41) is 2.71. The normalized spacial score (nSPS) is 17.4. The van der Waals surface area contributed by atoms with Crippen molar-refractivity contribution in [1.29, 1.82) is 0 Å². The summed E-state index contributed by atoms with van der Waals surface area (Å²) in [4.78, 5) is 14.7. The number of likely N-dealkylation sites (N-methyl/N-ethyl adjacent to an activating group) is 1. The molecular weight excluding hydrogens is 364 g/mol. The van der Waals surface area contributed by atoms with Crippen molar-refractivity contribution in [2.75, 3.05) is 38.5 Å². The summed E-state index contributed by atoms with van der Waals surface area (Å²) in [5.41, 5.74) is 7.09. The van der Waals surface area contributed by atoms with E-state index in [1.807, 2.05) is 25.2 Å². The van der Waals surface area contributed by atoms with Gasteiger partial charge in [-0.3, -0.25) is 4.79 Å². The van der Waals surface area contributed by atoms with Crippen molar-refractivity contribution in [2.24, 2.45) is 5.73 Å². The Bertz CT molecular complexity index is 894. The zero-order chi connectivity index (χ0) is 19.4. The molecule has 1 aliphatic heterocycles. The van der Waals surface area contributed by atoms with Crippen LogP contribution in [0.4, 0.5) is 5.69 Å². The van der Waals surface area contributed by atoms with E-state index in [4.69, 9.17) is 5.73 Å². The second kappa shape index (κ2) is 8.18. The molecule has 7 nitrogen and oxygen atoms in total. The van der Waals surface area contributed by atoms with Crippen LogP contribution in [0.5, 0.6) is 0 Å². The van der Waals surface area contributed by atoms with Crippen LogP contribution in [0, 0.1) is 0 Å². The van der Waals surface area contributed by atoms with E-state index in [2.05, 4.69) is 10.2 Å². The summed E-state index contributed by atoms with van der Waals surface area (Å²) in [5.74, 6) is -0.393. The zero-order valence-electron chi connectivity index (χ0n) is 15.2. The molecule has 1 atom stereocenters. The van der Waals surface area contributed by atoms with Crippen molar-refractivity contribution >= 4 is 21.6 Å². The van der Waals surface area contributed by atoms with Gasteiger partial charge in [-0.15, -0.1) is 0 Å². The Labute approximate surface area is 159 Å². The molecule has 8 heteroatoms. The average molecular weight is 388 g/mol. The summed E-state index contributed by atoms with van der Waals surface area (Å²) >= 11 is 0. The summed E-state index contributed by atoms with van der Waals surface area (Å²) < 4.78 is 27.2. The number of carbonyl (C=O) groups excluding carboxylic acids is 1. The quantitative estimate of drug-likeness (QED) is 0.804. The molecule has 1 aliphatic rings. The molecule has 0 aliphatic carbocycles. The number of piperazine rings is 1. The third-order valence-corrected chi connectivity index (χ3v) is 6.54. The number of benzene rings is 2. The number of anilines is 1. The number of nitrogens with zero attached hydrogens (tertiary/aromatic N) is 2. The SMILES string of the molecule is CN1CCN(S(=O)(=O)c2cccc(NC(=O)C(N)c3ccccc3)c2)CC1. The van der Waals surface area contributed by atoms with Crippen molar-refractivity contribution in [1.82, 2.24) is 9.21 Å². The predicted molar refractivity (Wildman–Crippen MR) is 105 cm³/mol. The van der Waals surface area contributed by atoms with Gasteiger partial charge < -0.3 is 16.0 Å². The number of nitrogens with two attached hydrogens (primary N) is 1. The molecule has 1 unspecified atom stereocenters. The molecule has 0 saturated carbocycles. The van der Waals surface area contributed by atoms with E-state index >= 15 is 0 Å². The first kappa shape index (κ1) is 19.5. The Morgan fingerprint density at radius 1 is 1.04 bits per heavy atom. The maximum absolute atomic E-state index is 12.9. The van der Waals surface area contributed by atoms with E-state index in [0.717, 1.165) is 0 Å². The lowest BCUT2D eigenvalue weighted by Gasteiger charge is -2.31. The van der Waals surface area contributed by atoms with Crippen LogP contribution in [0.3, 0.4) is 0 Å². The van der Waals surface area contributed by atoms with E-state index in [1.165, 1.54) is 10.4 Å². The number of hydrogen-bond acceptors (Lipinski definition) is 5. The highest BCUT2D eigenvalue weighted by Crippen LogP contribution is 2.21. The standard InChI is InChI=1S/C19H24N4O3S/c1-22-10-12-23(13-11-22)27(25,26)17-9-5-8-16(14-17)21-19(24)18(20)15-6-3-2-4-7-15/h2-9,14,18H,10-13,20H2,1H3,(H,21,24). The second-order valence-electron chi connectivity index (χ2n) is 6.61. The van der Waals surface area contributed by atoms with Gasteiger partial charge in [0.1, 0.15) is 6.04 Å². The maximum atomic E-state index is 12.9. The predicted octanol–water partition coefficient (Wildman–Crippen LogP) is 1.26. The number of nitrogens with one attached hydrogen (secondary N) is 1. The lowest BCUT2D eigenvalue weighted by atomic mass is 10.1. The fraction of sp³-hybridized carbons (Fsp3) is 0.316. The van der Waals surface area contributed by atoms with Crippen LogP contribution in [0.25, 0.3) is 0 Å². The molecule has 3 rings (SSSR count). The van der Waals surface area contributed by atoms with Gasteiger partial charge >= 0.3 is 0 Å². The van der Waals surface area contributed by atoms with Crippen LogP contribution >= 0.6 is 0 Å². The number of hydrogen-bond donors (Lipinski definition) is 2. The molecule has 2 aromatic rings. The van der Waals surface area contributed by atoms with Crippen LogP contribution in [0.1, 0.15) is 11.6 Å². The highest BCUT2D eigenvalue weighted by Gasteiger charge is 2.27. The molecule has 0 aromatic heterocycles. The summed E-state index contributed by atoms with van der Waals surface area (Å²) in [7, 11) is -1.62. The van der Waals surface area contributed by atoms with E-state index in [0.29, 0.717) is 37.4 Å². The second-order valence-corrected chi connectivity index (χ2v) is 8.55. The van der Waals surface area contributed by atoms with Crippen LogP contribution < -0.4 is 11.1 Å². The van der Waals surface area contributed by atoms with Gasteiger partial charge in [-0.05, 0) is 30.8 Å². The van der Waals surface area contributed by atoms with Crippen LogP contribution in [-0.4, -0.2) is 56.8 Å². The van der Waals surface area contributed by atoms with Gasteiger partial charge in [0.15, 0.2) is 0 Å². The Balaban J connectivity index is 1.74. The topological polar surface area (TPSA) is 95.7 Å². The average Bonchev–Trinajstić information content (AvgIpc) is 2.68. The monoisotopic (exact) mass is 388 g/mol. The first-order valence-corrected chi connectivity index (χ1v) is 10.2. The Kier molecular flexibility index (Phi) is 5.91. The van der Waals surface area contributed by atoms with Gasteiger partial charge in [0.2, 0.25) is 15.9 Å². The van der Waals surface area contributed by atoms with E-state index < -0.39 is 22.0 Å². The summed E-state index contributed by atoms with van der Waals surface area (Å²) in [6.45, 7) is 2.30. The number of amides is 1. The van der Waals surface area contributed by atoms with Gasteiger partial charge in [0.25, 0.3) is 0 Å². The molecule has 27 heavy (non-hydrogen) atoms. The first-order valence-electron chi connectivity index (χ1n) is 8.78. The largest absolute Gasteiger partial charge is 0.324 e. The van der Waals surface area contributed by atoms with Gasteiger partial charge in [-0.25, -0.2) is 8.42 Å². The minimum atomic E-state index is -3.59. The van der Waals surface area contributed by atoms with E-state index in [1.54, 1.807) is 30.3 Å². The first-order chi connectivity index (χ1) is 12.9. The van der Waals surface area contributed by atoms with Gasteiger partial charge in [0, 0.05) is 31.9 Å². The van der Waals surface area contributed by atoms with Crippen molar-refractivity contribution < 1.29 is 13.2 Å². The van der Waals surface area contributed by atoms with Crippen molar-refractivity contribution in [3.8, 4) is 0 Å². The summed E-state index contributed by atoms with van der Waals surface area (Å²) in [6.07, 6.45) is 0. The number of sulfonamides is 1. The zero-order valence-corrected chi connectivity index (χ0v) is 16.0. The molecule has 1 heterocycles. The third-order valence-electron chi connectivity index (χ3n) is 4.64. The van der Waals surface area contributed by atoms with Crippen LogP contribution in [0.15, 0.2) is 59.5 Å². The number of carbonyl (C=O) groups is 1. The van der Waals surface area contributed by atoms with Gasteiger partial charge in [0.05, 0.1) is 4.90 Å². The fourth-order valence-electron chi connectivity index (χ4n) is 2.94. The van der Waals surface area contributed by atoms with E-state index in [-0.39, 0.29) is 4.90 Å². The molecule has 144 valence electrons. The third kappa shape index (κ3) is 4.54. The molecule has 0 radical (unpaired) electrons. The van der Waals surface area contributed by atoms with Crippen molar-refractivity contribution in [3.05, 3.63) is 60.2 Å². The molecule has 3 N–H and O–H groups in total. The minimum absolute atomic E-state index is 0.165. The van der Waals surface area contributed by atoms with Crippen molar-refractivity contribution in [3.63, 3.8) is 0 Å². The Morgan fingerprint density at radius 3 is 2.37 bits per heavy atom. The fourth-order valence-corrected chi connectivity index (χ4v) is 4.41. The molecule has 0 spiro atoms. The highest BCUT2D eigenvalue weighted by atomic mass is 32.2. The van der Waals surface area contributed by atoms with Gasteiger partial charge in [-0.2, -0.15) is 4.31 Å². The summed E-state index contributed by atoms with van der Waals surface area (Å²) in [6, 6.07) is 14.5. The molecule has 1 amide bonds. The van der Waals surface area contributed by atoms with Crippen LogP contribution in [-0.2, 0) is 14.8 Å². The minimum Gasteiger partial charge on any atom is -0.324 e. The Morgan fingerprint density at radius 2 is 1.70 bits per heavy atom. The molecule has 2 aromatic carbocycles. The molecule has 1 saturated heterocycles. The lowest BCUT2D eigenvalue weighted by Crippen LogP contribution is -2.47. The highest BCUT2D eigenvalue weighted by molar-refractivity contribution is 7.89. The molecule has 1 fully saturated rings. The van der Waals surface area contributed by atoms with Gasteiger partial charge in [-0.1, -0.05) is 36.4 Å². The molecule has 0 bridgehead atoms. The smallest absolute Gasteiger partial charge is 0.245 e.